The maximum Gasteiger partial charge on any atom is 0.124 e. The van der Waals surface area contributed by atoms with E-state index < -0.39 is 0 Å². The zero-order chi connectivity index (χ0) is 10.8. The van der Waals surface area contributed by atoms with Crippen molar-refractivity contribution in [3.63, 3.8) is 0 Å². The first-order chi connectivity index (χ1) is 7.18. The molecule has 0 aliphatic carbocycles. The van der Waals surface area contributed by atoms with Crippen molar-refractivity contribution in [2.45, 2.75) is 19.9 Å². The molecule has 15 heavy (non-hydrogen) atoms. The van der Waals surface area contributed by atoms with Crippen molar-refractivity contribution in [3.8, 4) is 11.3 Å². The van der Waals surface area contributed by atoms with Crippen molar-refractivity contribution >= 4 is 22.6 Å². The smallest absolute Gasteiger partial charge is 0.124 e. The van der Waals surface area contributed by atoms with Crippen LogP contribution >= 0.6 is 22.6 Å². The topological polar surface area (TPSA) is 17.8 Å². The van der Waals surface area contributed by atoms with E-state index in [-0.39, 0.29) is 0 Å². The number of hydrogen-bond acceptors (Lipinski definition) is 1. The summed E-state index contributed by atoms with van der Waals surface area (Å²) in [6, 6.07) is 12.9. The van der Waals surface area contributed by atoms with Crippen LogP contribution in [0.5, 0.6) is 0 Å². The Kier molecular flexibility index (Phi) is 3.09. The number of halogens is 1. The predicted octanol–water partition coefficient (Wildman–Crippen LogP) is 3.74. The predicted molar refractivity (Wildman–Crippen MR) is 70.8 cm³/mol. The molecule has 1 heterocycles. The summed E-state index contributed by atoms with van der Waals surface area (Å²) in [6.07, 6.45) is 0. The molecule has 78 valence electrons. The molecule has 0 aliphatic heterocycles. The molecule has 1 aromatic carbocycles. The second-order valence-electron chi connectivity index (χ2n) is 3.76. The summed E-state index contributed by atoms with van der Waals surface area (Å²) in [7, 11) is 0. The van der Waals surface area contributed by atoms with Gasteiger partial charge in [-0.05, 0) is 48.1 Å². The van der Waals surface area contributed by atoms with E-state index in [2.05, 4.69) is 76.6 Å². The summed E-state index contributed by atoms with van der Waals surface area (Å²) in [5, 5.41) is 4.49. The Hall–Kier alpha value is -0.840. The zero-order valence-electron chi connectivity index (χ0n) is 8.81. The van der Waals surface area contributed by atoms with Gasteiger partial charge in [0, 0.05) is 6.04 Å². The third kappa shape index (κ3) is 2.22. The normalized spacial score (nSPS) is 10.9. The number of nitrogens with zero attached hydrogens (tertiary/aromatic N) is 2. The van der Waals surface area contributed by atoms with Crippen molar-refractivity contribution in [1.82, 2.24) is 9.78 Å². The van der Waals surface area contributed by atoms with Gasteiger partial charge in [-0.3, -0.25) is 4.68 Å². The van der Waals surface area contributed by atoms with Gasteiger partial charge in [-0.1, -0.05) is 30.3 Å². The van der Waals surface area contributed by atoms with E-state index in [0.29, 0.717) is 6.04 Å². The lowest BCUT2D eigenvalue weighted by Crippen LogP contribution is -2.04. The maximum absolute atomic E-state index is 4.49. The molecule has 0 unspecified atom stereocenters. The van der Waals surface area contributed by atoms with Gasteiger partial charge in [0.2, 0.25) is 0 Å². The minimum absolute atomic E-state index is 0.392. The van der Waals surface area contributed by atoms with Crippen LogP contribution in [0.4, 0.5) is 0 Å². The molecule has 0 N–H and O–H groups in total. The third-order valence-corrected chi connectivity index (χ3v) is 2.79. The molecule has 2 nitrogen and oxygen atoms in total. The largest absolute Gasteiger partial charge is 0.261 e. The fourth-order valence-electron chi connectivity index (χ4n) is 1.58. The molecular formula is C12H13IN2. The van der Waals surface area contributed by atoms with Crippen molar-refractivity contribution in [3.05, 3.63) is 40.1 Å². The zero-order valence-corrected chi connectivity index (χ0v) is 11.0. The quantitative estimate of drug-likeness (QED) is 0.773. The van der Waals surface area contributed by atoms with Crippen LogP contribution in [0.1, 0.15) is 19.9 Å². The summed E-state index contributed by atoms with van der Waals surface area (Å²) in [5.74, 6) is 0. The molecule has 2 aromatic rings. The molecule has 0 saturated carbocycles. The molecule has 0 amide bonds. The Balaban J connectivity index is 2.53. The Labute approximate surface area is 103 Å². The molecule has 0 bridgehead atoms. The highest BCUT2D eigenvalue weighted by atomic mass is 127. The second kappa shape index (κ2) is 4.35. The van der Waals surface area contributed by atoms with Crippen LogP contribution in [0.15, 0.2) is 36.4 Å². The lowest BCUT2D eigenvalue weighted by Gasteiger charge is -2.10. The number of aromatic nitrogens is 2. The summed E-state index contributed by atoms with van der Waals surface area (Å²) in [4.78, 5) is 0. The van der Waals surface area contributed by atoms with E-state index in [1.165, 1.54) is 11.3 Å². The summed E-state index contributed by atoms with van der Waals surface area (Å²) >= 11 is 2.25. The minimum Gasteiger partial charge on any atom is -0.261 e. The summed E-state index contributed by atoms with van der Waals surface area (Å²) in [5.41, 5.74) is 2.41. The van der Waals surface area contributed by atoms with Gasteiger partial charge in [-0.2, -0.15) is 5.10 Å². The SMILES string of the molecule is CC(C)n1nc(I)cc1-c1ccccc1. The highest BCUT2D eigenvalue weighted by Crippen LogP contribution is 2.23. The van der Waals surface area contributed by atoms with E-state index in [1.54, 1.807) is 0 Å². The van der Waals surface area contributed by atoms with Crippen LogP contribution < -0.4 is 0 Å². The summed E-state index contributed by atoms with van der Waals surface area (Å²) in [6.45, 7) is 4.30. The Morgan fingerprint density at radius 3 is 2.47 bits per heavy atom. The van der Waals surface area contributed by atoms with Crippen LogP contribution in [0.2, 0.25) is 0 Å². The van der Waals surface area contributed by atoms with E-state index in [1.807, 2.05) is 6.07 Å². The van der Waals surface area contributed by atoms with Crippen LogP contribution in [-0.4, -0.2) is 9.78 Å². The lowest BCUT2D eigenvalue weighted by atomic mass is 10.1. The van der Waals surface area contributed by atoms with Gasteiger partial charge < -0.3 is 0 Å². The fourth-order valence-corrected chi connectivity index (χ4v) is 2.11. The van der Waals surface area contributed by atoms with Crippen molar-refractivity contribution in [1.29, 1.82) is 0 Å². The first-order valence-corrected chi connectivity index (χ1v) is 6.07. The van der Waals surface area contributed by atoms with Gasteiger partial charge in [0.15, 0.2) is 0 Å². The van der Waals surface area contributed by atoms with Gasteiger partial charge in [-0.25, -0.2) is 0 Å². The van der Waals surface area contributed by atoms with Crippen LogP contribution in [0.25, 0.3) is 11.3 Å². The molecule has 0 aliphatic rings. The summed E-state index contributed by atoms with van der Waals surface area (Å²) < 4.78 is 3.11. The molecule has 0 atom stereocenters. The number of rotatable bonds is 2. The highest BCUT2D eigenvalue weighted by molar-refractivity contribution is 14.1. The minimum atomic E-state index is 0.392. The fraction of sp³-hybridized carbons (Fsp3) is 0.250. The average Bonchev–Trinajstić information content (AvgIpc) is 2.62. The van der Waals surface area contributed by atoms with Crippen LogP contribution in [0, 0.1) is 3.70 Å². The Morgan fingerprint density at radius 1 is 1.20 bits per heavy atom. The van der Waals surface area contributed by atoms with E-state index in [0.717, 1.165) is 3.70 Å². The standard InChI is InChI=1S/C12H13IN2/c1-9(2)15-11(8-12(13)14-15)10-6-4-3-5-7-10/h3-9H,1-2H3. The average molecular weight is 312 g/mol. The van der Waals surface area contributed by atoms with Crippen LogP contribution in [-0.2, 0) is 0 Å². The maximum atomic E-state index is 4.49. The molecule has 0 saturated heterocycles. The van der Waals surface area contributed by atoms with Crippen molar-refractivity contribution < 1.29 is 0 Å². The molecule has 2 rings (SSSR count). The van der Waals surface area contributed by atoms with Gasteiger partial charge in [0.1, 0.15) is 3.70 Å². The van der Waals surface area contributed by atoms with Crippen molar-refractivity contribution in [2.24, 2.45) is 0 Å². The van der Waals surface area contributed by atoms with Crippen LogP contribution in [0.3, 0.4) is 0 Å². The lowest BCUT2D eigenvalue weighted by molar-refractivity contribution is 0.535. The van der Waals surface area contributed by atoms with Crippen molar-refractivity contribution in [2.75, 3.05) is 0 Å². The van der Waals surface area contributed by atoms with E-state index >= 15 is 0 Å². The first-order valence-electron chi connectivity index (χ1n) is 4.99. The molecule has 0 spiro atoms. The second-order valence-corrected chi connectivity index (χ2v) is 4.86. The molecule has 0 radical (unpaired) electrons. The molecule has 0 fully saturated rings. The monoisotopic (exact) mass is 312 g/mol. The first kappa shape index (κ1) is 10.7. The van der Waals surface area contributed by atoms with Gasteiger partial charge in [0.05, 0.1) is 5.69 Å². The molecule has 1 aromatic heterocycles. The molecular weight excluding hydrogens is 299 g/mol. The van der Waals surface area contributed by atoms with Gasteiger partial charge >= 0.3 is 0 Å². The van der Waals surface area contributed by atoms with Gasteiger partial charge in [0.25, 0.3) is 0 Å². The third-order valence-electron chi connectivity index (χ3n) is 2.26. The highest BCUT2D eigenvalue weighted by Gasteiger charge is 2.10. The van der Waals surface area contributed by atoms with Gasteiger partial charge in [-0.15, -0.1) is 0 Å². The Morgan fingerprint density at radius 2 is 1.87 bits per heavy atom. The van der Waals surface area contributed by atoms with E-state index in [9.17, 15) is 0 Å². The Bertz CT molecular complexity index is 446. The number of benzene rings is 1. The molecule has 3 heteroatoms. The van der Waals surface area contributed by atoms with E-state index in [4.69, 9.17) is 0 Å². The number of hydrogen-bond donors (Lipinski definition) is 0.